The van der Waals surface area contributed by atoms with E-state index in [1.807, 2.05) is 0 Å². The molecule has 0 spiro atoms. The predicted octanol–water partition coefficient (Wildman–Crippen LogP) is 0.215. The van der Waals surface area contributed by atoms with Crippen LogP contribution in [0, 0.1) is 0 Å². The van der Waals surface area contributed by atoms with Crippen molar-refractivity contribution in [2.45, 2.75) is 31.5 Å². The lowest BCUT2D eigenvalue weighted by molar-refractivity contribution is -0.0566. The molecule has 2 heterocycles. The summed E-state index contributed by atoms with van der Waals surface area (Å²) in [5, 5.41) is 0. The number of morpholine rings is 1. The molecule has 2 unspecified atom stereocenters. The lowest BCUT2D eigenvalue weighted by atomic mass is 10.1. The third-order valence-electron chi connectivity index (χ3n) is 3.22. The van der Waals surface area contributed by atoms with Crippen molar-refractivity contribution in [3.63, 3.8) is 0 Å². The Morgan fingerprint density at radius 3 is 2.73 bits per heavy atom. The third-order valence-corrected chi connectivity index (χ3v) is 3.22. The van der Waals surface area contributed by atoms with Gasteiger partial charge in [-0.25, -0.2) is 0 Å². The Kier molecular flexibility index (Phi) is 4.38. The van der Waals surface area contributed by atoms with Crippen LogP contribution in [0.4, 0.5) is 0 Å². The number of nitrogens with two attached hydrogens (primary N) is 1. The molecule has 0 amide bonds. The van der Waals surface area contributed by atoms with Crippen LogP contribution in [0.2, 0.25) is 0 Å². The van der Waals surface area contributed by atoms with Gasteiger partial charge in [-0.2, -0.15) is 0 Å². The van der Waals surface area contributed by atoms with Crippen LogP contribution in [0.25, 0.3) is 0 Å². The highest BCUT2D eigenvalue weighted by atomic mass is 16.5. The minimum Gasteiger partial charge on any atom is -0.377 e. The summed E-state index contributed by atoms with van der Waals surface area (Å²) < 4.78 is 11.3. The van der Waals surface area contributed by atoms with Gasteiger partial charge in [0.1, 0.15) is 0 Å². The van der Waals surface area contributed by atoms with Gasteiger partial charge in [0.15, 0.2) is 0 Å². The molecule has 4 nitrogen and oxygen atoms in total. The van der Waals surface area contributed by atoms with Crippen molar-refractivity contribution in [1.82, 2.24) is 4.90 Å². The largest absolute Gasteiger partial charge is 0.377 e. The summed E-state index contributed by atoms with van der Waals surface area (Å²) in [4.78, 5) is 2.43. The highest BCUT2D eigenvalue weighted by molar-refractivity contribution is 4.76. The predicted molar refractivity (Wildman–Crippen MR) is 58.8 cm³/mol. The van der Waals surface area contributed by atoms with Crippen molar-refractivity contribution in [3.05, 3.63) is 0 Å². The van der Waals surface area contributed by atoms with Crippen LogP contribution < -0.4 is 5.73 Å². The minimum absolute atomic E-state index is 0.224. The number of hydrogen-bond acceptors (Lipinski definition) is 4. The summed E-state index contributed by atoms with van der Waals surface area (Å²) >= 11 is 0. The van der Waals surface area contributed by atoms with Gasteiger partial charge in [0.05, 0.1) is 18.8 Å². The van der Waals surface area contributed by atoms with Gasteiger partial charge in [0, 0.05) is 32.8 Å². The van der Waals surface area contributed by atoms with E-state index in [1.54, 1.807) is 0 Å². The van der Waals surface area contributed by atoms with Crippen LogP contribution in [0.5, 0.6) is 0 Å². The third kappa shape index (κ3) is 3.41. The van der Waals surface area contributed by atoms with E-state index in [-0.39, 0.29) is 6.10 Å². The van der Waals surface area contributed by atoms with Gasteiger partial charge in [0.25, 0.3) is 0 Å². The zero-order valence-electron chi connectivity index (χ0n) is 9.36. The Labute approximate surface area is 91.7 Å². The molecular weight excluding hydrogens is 192 g/mol. The van der Waals surface area contributed by atoms with Crippen molar-refractivity contribution in [2.75, 3.05) is 39.4 Å². The van der Waals surface area contributed by atoms with E-state index in [1.165, 1.54) is 19.3 Å². The molecular formula is C11H22N2O2. The standard InChI is InChI=1S/C11H22N2O2/c12-7-11-9-13(4-6-15-11)8-10-3-1-2-5-14-10/h10-11H,1-9,12H2. The molecule has 2 atom stereocenters. The Balaban J connectivity index is 1.72. The molecule has 15 heavy (non-hydrogen) atoms. The van der Waals surface area contributed by atoms with Crippen molar-refractivity contribution in [1.29, 1.82) is 0 Å². The van der Waals surface area contributed by atoms with Gasteiger partial charge in [-0.05, 0) is 19.3 Å². The zero-order chi connectivity index (χ0) is 10.5. The van der Waals surface area contributed by atoms with Crippen LogP contribution in [-0.2, 0) is 9.47 Å². The monoisotopic (exact) mass is 214 g/mol. The van der Waals surface area contributed by atoms with Crippen molar-refractivity contribution < 1.29 is 9.47 Å². The summed E-state index contributed by atoms with van der Waals surface area (Å²) in [5.74, 6) is 0. The summed E-state index contributed by atoms with van der Waals surface area (Å²) in [6.45, 7) is 5.43. The molecule has 0 bridgehead atoms. The highest BCUT2D eigenvalue weighted by Crippen LogP contribution is 2.15. The first-order valence-corrected chi connectivity index (χ1v) is 6.04. The van der Waals surface area contributed by atoms with Gasteiger partial charge in [-0.15, -0.1) is 0 Å². The van der Waals surface area contributed by atoms with E-state index in [0.717, 1.165) is 32.8 Å². The fourth-order valence-electron chi connectivity index (χ4n) is 2.33. The average molecular weight is 214 g/mol. The second kappa shape index (κ2) is 5.80. The maximum Gasteiger partial charge on any atom is 0.0824 e. The molecule has 88 valence electrons. The molecule has 2 aliphatic rings. The van der Waals surface area contributed by atoms with Crippen LogP contribution in [0.3, 0.4) is 0 Å². The van der Waals surface area contributed by atoms with Crippen molar-refractivity contribution in [2.24, 2.45) is 5.73 Å². The van der Waals surface area contributed by atoms with Crippen molar-refractivity contribution >= 4 is 0 Å². The van der Waals surface area contributed by atoms with Crippen LogP contribution in [-0.4, -0.2) is 56.5 Å². The van der Waals surface area contributed by atoms with E-state index < -0.39 is 0 Å². The number of rotatable bonds is 3. The quantitative estimate of drug-likeness (QED) is 0.730. The Bertz CT molecular complexity index is 183. The first kappa shape index (κ1) is 11.3. The fourth-order valence-corrected chi connectivity index (χ4v) is 2.33. The van der Waals surface area contributed by atoms with E-state index in [2.05, 4.69) is 4.90 Å². The van der Waals surface area contributed by atoms with Crippen LogP contribution in [0.1, 0.15) is 19.3 Å². The van der Waals surface area contributed by atoms with Gasteiger partial charge in [0.2, 0.25) is 0 Å². The molecule has 2 N–H and O–H groups in total. The molecule has 0 aromatic carbocycles. The molecule has 2 aliphatic heterocycles. The average Bonchev–Trinajstić information content (AvgIpc) is 2.31. The molecule has 0 aliphatic carbocycles. The maximum atomic E-state index is 5.74. The SMILES string of the molecule is NCC1CN(CC2CCCCO2)CCO1. The van der Waals surface area contributed by atoms with E-state index in [0.29, 0.717) is 12.6 Å². The Hall–Kier alpha value is -0.160. The van der Waals surface area contributed by atoms with E-state index in [9.17, 15) is 0 Å². The summed E-state index contributed by atoms with van der Waals surface area (Å²) in [6.07, 6.45) is 4.42. The molecule has 0 aromatic heterocycles. The van der Waals surface area contributed by atoms with Crippen molar-refractivity contribution in [3.8, 4) is 0 Å². The summed E-state index contributed by atoms with van der Waals surface area (Å²) in [6, 6.07) is 0. The minimum atomic E-state index is 0.224. The highest BCUT2D eigenvalue weighted by Gasteiger charge is 2.23. The lowest BCUT2D eigenvalue weighted by Gasteiger charge is -2.35. The molecule has 0 saturated carbocycles. The second-order valence-corrected chi connectivity index (χ2v) is 4.48. The molecule has 2 rings (SSSR count). The first-order valence-electron chi connectivity index (χ1n) is 6.04. The summed E-state index contributed by atoms with van der Waals surface area (Å²) in [5.41, 5.74) is 5.62. The topological polar surface area (TPSA) is 47.7 Å². The fraction of sp³-hybridized carbons (Fsp3) is 1.00. The van der Waals surface area contributed by atoms with Gasteiger partial charge in [-0.1, -0.05) is 0 Å². The molecule has 0 aromatic rings. The Morgan fingerprint density at radius 2 is 2.00 bits per heavy atom. The molecule has 0 radical (unpaired) electrons. The second-order valence-electron chi connectivity index (χ2n) is 4.48. The van der Waals surface area contributed by atoms with E-state index >= 15 is 0 Å². The van der Waals surface area contributed by atoms with Crippen LogP contribution >= 0.6 is 0 Å². The lowest BCUT2D eigenvalue weighted by Crippen LogP contribution is -2.48. The normalized spacial score (nSPS) is 34.2. The van der Waals surface area contributed by atoms with Crippen LogP contribution in [0.15, 0.2) is 0 Å². The molecule has 2 saturated heterocycles. The smallest absolute Gasteiger partial charge is 0.0824 e. The Morgan fingerprint density at radius 1 is 1.13 bits per heavy atom. The van der Waals surface area contributed by atoms with Gasteiger partial charge in [-0.3, -0.25) is 4.90 Å². The number of nitrogens with zero attached hydrogens (tertiary/aromatic N) is 1. The zero-order valence-corrected chi connectivity index (χ0v) is 9.36. The molecule has 4 heteroatoms. The van der Waals surface area contributed by atoms with Gasteiger partial charge >= 0.3 is 0 Å². The first-order chi connectivity index (χ1) is 7.38. The van der Waals surface area contributed by atoms with E-state index in [4.69, 9.17) is 15.2 Å². The maximum absolute atomic E-state index is 5.74. The number of ether oxygens (including phenoxy) is 2. The van der Waals surface area contributed by atoms with Gasteiger partial charge < -0.3 is 15.2 Å². The summed E-state index contributed by atoms with van der Waals surface area (Å²) in [7, 11) is 0. The number of hydrogen-bond donors (Lipinski definition) is 1. The molecule has 2 fully saturated rings.